The number of rotatable bonds is 2. The summed E-state index contributed by atoms with van der Waals surface area (Å²) < 4.78 is 6.67. The van der Waals surface area contributed by atoms with Gasteiger partial charge in [0.25, 0.3) is 5.91 Å². The summed E-state index contributed by atoms with van der Waals surface area (Å²) in [6, 6.07) is 0. The van der Waals surface area contributed by atoms with Crippen molar-refractivity contribution in [3.05, 3.63) is 24.4 Å². The molecule has 2 aromatic rings. The highest BCUT2D eigenvalue weighted by atomic mass is 35.5. The number of primary amides is 1. The second-order valence-corrected chi connectivity index (χ2v) is 2.80. The Morgan fingerprint density at radius 2 is 2.19 bits per heavy atom. The molecule has 0 aromatic carbocycles. The fourth-order valence-corrected chi connectivity index (χ4v) is 1.05. The van der Waals surface area contributed by atoms with Gasteiger partial charge in [0.1, 0.15) is 6.26 Å². The predicted molar refractivity (Wildman–Crippen MR) is 61.7 cm³/mol. The van der Waals surface area contributed by atoms with Crippen LogP contribution in [-0.2, 0) is 7.05 Å². The molecule has 2 N–H and O–H groups in total. The van der Waals surface area contributed by atoms with E-state index in [4.69, 9.17) is 10.2 Å². The van der Waals surface area contributed by atoms with Crippen LogP contribution in [0.1, 0.15) is 10.5 Å². The molecule has 0 atom stereocenters. The van der Waals surface area contributed by atoms with Crippen molar-refractivity contribution in [1.29, 1.82) is 0 Å². The van der Waals surface area contributed by atoms with Crippen LogP contribution in [0.5, 0.6) is 0 Å². The number of aryl methyl sites for hydroxylation is 1. The molecule has 88 valence electrons. The molecule has 0 aliphatic heterocycles. The van der Waals surface area contributed by atoms with Gasteiger partial charge in [0.15, 0.2) is 5.69 Å². The molecular weight excluding hydrogens is 255 g/mol. The van der Waals surface area contributed by atoms with E-state index in [1.54, 1.807) is 24.1 Å². The lowest BCUT2D eigenvalue weighted by molar-refractivity contribution is 0.0995. The lowest BCUT2D eigenvalue weighted by Crippen LogP contribution is -2.10. The molecule has 0 saturated carbocycles. The Morgan fingerprint density at radius 3 is 2.62 bits per heavy atom. The summed E-state index contributed by atoms with van der Waals surface area (Å²) in [6.07, 6.45) is 4.55. The quantitative estimate of drug-likeness (QED) is 0.878. The van der Waals surface area contributed by atoms with Gasteiger partial charge in [-0.15, -0.1) is 24.8 Å². The molecule has 0 unspecified atom stereocenters. The number of carbonyl (C=O) groups excluding carboxylic acids is 1. The minimum atomic E-state index is -0.608. The van der Waals surface area contributed by atoms with Gasteiger partial charge >= 0.3 is 0 Å². The number of aromatic nitrogens is 3. The highest BCUT2D eigenvalue weighted by Gasteiger charge is 2.11. The van der Waals surface area contributed by atoms with Crippen LogP contribution in [0.15, 0.2) is 23.1 Å². The van der Waals surface area contributed by atoms with Gasteiger partial charge in [0.05, 0.1) is 11.8 Å². The monoisotopic (exact) mass is 264 g/mol. The summed E-state index contributed by atoms with van der Waals surface area (Å²) in [7, 11) is 1.78. The van der Waals surface area contributed by atoms with Gasteiger partial charge in [-0.3, -0.25) is 9.48 Å². The van der Waals surface area contributed by atoms with Crippen LogP contribution < -0.4 is 5.73 Å². The summed E-state index contributed by atoms with van der Waals surface area (Å²) >= 11 is 0. The standard InChI is InChI=1S/C8H8N4O2.2ClH/c1-12-3-5(2-10-12)8-11-6(4-14-8)7(9)13;;/h2-4H,1H3,(H2,9,13);2*1H. The average Bonchev–Trinajstić information content (AvgIpc) is 2.70. The number of oxazole rings is 1. The Labute approximate surface area is 104 Å². The molecule has 16 heavy (non-hydrogen) atoms. The zero-order valence-corrected chi connectivity index (χ0v) is 9.92. The first-order valence-electron chi connectivity index (χ1n) is 3.91. The molecule has 6 nitrogen and oxygen atoms in total. The van der Waals surface area contributed by atoms with E-state index in [2.05, 4.69) is 10.1 Å². The van der Waals surface area contributed by atoms with Crippen LogP contribution in [0.25, 0.3) is 11.5 Å². The van der Waals surface area contributed by atoms with Crippen molar-refractivity contribution in [2.45, 2.75) is 0 Å². The van der Waals surface area contributed by atoms with Crippen molar-refractivity contribution in [1.82, 2.24) is 14.8 Å². The second-order valence-electron chi connectivity index (χ2n) is 2.80. The minimum absolute atomic E-state index is 0. The van der Waals surface area contributed by atoms with Gasteiger partial charge in [-0.1, -0.05) is 0 Å². The Kier molecular flexibility index (Phi) is 5.00. The van der Waals surface area contributed by atoms with Gasteiger partial charge in [-0.05, 0) is 0 Å². The van der Waals surface area contributed by atoms with Crippen molar-refractivity contribution in [3.8, 4) is 11.5 Å². The molecule has 0 spiro atoms. The van der Waals surface area contributed by atoms with E-state index >= 15 is 0 Å². The maximum Gasteiger partial charge on any atom is 0.270 e. The molecular formula is C8H10Cl2N4O2. The molecule has 1 amide bonds. The lowest BCUT2D eigenvalue weighted by Gasteiger charge is -1.85. The summed E-state index contributed by atoms with van der Waals surface area (Å²) in [5.41, 5.74) is 5.85. The maximum atomic E-state index is 10.7. The number of amides is 1. The van der Waals surface area contributed by atoms with Gasteiger partial charge in [-0.25, -0.2) is 4.98 Å². The number of halogens is 2. The zero-order valence-electron chi connectivity index (χ0n) is 8.28. The van der Waals surface area contributed by atoms with Crippen LogP contribution in [0.2, 0.25) is 0 Å². The fourth-order valence-electron chi connectivity index (χ4n) is 1.05. The van der Waals surface area contributed by atoms with Crippen LogP contribution in [0, 0.1) is 0 Å². The lowest BCUT2D eigenvalue weighted by atomic mass is 10.4. The Balaban J connectivity index is 0.00000112. The summed E-state index contributed by atoms with van der Waals surface area (Å²) in [4.78, 5) is 14.6. The number of carbonyl (C=O) groups is 1. The van der Waals surface area contributed by atoms with Crippen LogP contribution in [0.4, 0.5) is 0 Å². The van der Waals surface area contributed by atoms with E-state index in [0.717, 1.165) is 0 Å². The highest BCUT2D eigenvalue weighted by Crippen LogP contribution is 2.16. The van der Waals surface area contributed by atoms with E-state index in [9.17, 15) is 4.79 Å². The number of nitrogens with two attached hydrogens (primary N) is 1. The summed E-state index contributed by atoms with van der Waals surface area (Å²) in [5.74, 6) is -0.268. The van der Waals surface area contributed by atoms with Crippen molar-refractivity contribution >= 4 is 30.7 Å². The van der Waals surface area contributed by atoms with Gasteiger partial charge in [-0.2, -0.15) is 5.10 Å². The Hall–Kier alpha value is -1.53. The maximum absolute atomic E-state index is 10.7. The van der Waals surface area contributed by atoms with Gasteiger partial charge < -0.3 is 10.2 Å². The van der Waals surface area contributed by atoms with Crippen LogP contribution in [-0.4, -0.2) is 20.7 Å². The third-order valence-electron chi connectivity index (χ3n) is 1.71. The van der Waals surface area contributed by atoms with E-state index in [0.29, 0.717) is 11.5 Å². The Morgan fingerprint density at radius 1 is 1.50 bits per heavy atom. The highest BCUT2D eigenvalue weighted by molar-refractivity contribution is 5.90. The first kappa shape index (κ1) is 14.5. The van der Waals surface area contributed by atoms with Crippen LogP contribution >= 0.6 is 24.8 Å². The first-order chi connectivity index (χ1) is 6.66. The van der Waals surface area contributed by atoms with E-state index < -0.39 is 5.91 Å². The summed E-state index contributed by atoms with van der Waals surface area (Å²) in [5, 5.41) is 3.95. The topological polar surface area (TPSA) is 86.9 Å². The predicted octanol–water partition coefficient (Wildman–Crippen LogP) is 1.02. The molecule has 0 bridgehead atoms. The van der Waals surface area contributed by atoms with E-state index in [1.807, 2.05) is 0 Å². The molecule has 0 fully saturated rings. The molecule has 8 heteroatoms. The molecule has 2 aromatic heterocycles. The fraction of sp³-hybridized carbons (Fsp3) is 0.125. The van der Waals surface area contributed by atoms with Crippen molar-refractivity contribution in [3.63, 3.8) is 0 Å². The number of hydrogen-bond donors (Lipinski definition) is 1. The van der Waals surface area contributed by atoms with Crippen molar-refractivity contribution < 1.29 is 9.21 Å². The molecule has 2 rings (SSSR count). The molecule has 0 saturated heterocycles. The molecule has 0 radical (unpaired) electrons. The molecule has 0 aliphatic carbocycles. The van der Waals surface area contributed by atoms with Crippen LogP contribution in [0.3, 0.4) is 0 Å². The number of hydrogen-bond acceptors (Lipinski definition) is 4. The molecule has 0 aliphatic rings. The van der Waals surface area contributed by atoms with Gasteiger partial charge in [0, 0.05) is 13.2 Å². The largest absolute Gasteiger partial charge is 0.444 e. The third-order valence-corrected chi connectivity index (χ3v) is 1.71. The van der Waals surface area contributed by atoms with Gasteiger partial charge in [0.2, 0.25) is 5.89 Å². The SMILES string of the molecule is Cl.Cl.Cn1cc(-c2nc(C(N)=O)co2)cn1. The average molecular weight is 265 g/mol. The van der Waals surface area contributed by atoms with Crippen molar-refractivity contribution in [2.24, 2.45) is 12.8 Å². The van der Waals surface area contributed by atoms with E-state index in [1.165, 1.54) is 6.26 Å². The molecule has 2 heterocycles. The first-order valence-corrected chi connectivity index (χ1v) is 3.91. The normalized spacial score (nSPS) is 9.06. The zero-order chi connectivity index (χ0) is 10.1. The minimum Gasteiger partial charge on any atom is -0.444 e. The third kappa shape index (κ3) is 2.74. The van der Waals surface area contributed by atoms with Crippen molar-refractivity contribution in [2.75, 3.05) is 0 Å². The number of nitrogens with zero attached hydrogens (tertiary/aromatic N) is 3. The summed E-state index contributed by atoms with van der Waals surface area (Å²) in [6.45, 7) is 0. The van der Waals surface area contributed by atoms with E-state index in [-0.39, 0.29) is 30.5 Å². The Bertz CT molecular complexity index is 480. The second kappa shape index (κ2) is 5.53. The smallest absolute Gasteiger partial charge is 0.270 e.